The molecule has 9 nitrogen and oxygen atoms in total. The fourth-order valence-corrected chi connectivity index (χ4v) is 5.03. The smallest absolute Gasteiger partial charge is 0.282 e. The highest BCUT2D eigenvalue weighted by Gasteiger charge is 2.39. The second-order valence-corrected chi connectivity index (χ2v) is 8.47. The Bertz CT molecular complexity index is 766. The molecule has 0 bridgehead atoms. The number of hydrogen-bond donors (Lipinski definition) is 1. The zero-order valence-corrected chi connectivity index (χ0v) is 17.6. The SMILES string of the molecule is CCN(CC)S(=O)(=O)N1CCC[C@H]1c1nc(CN(C)C(C)=O)cc(NC)n1. The highest BCUT2D eigenvalue weighted by atomic mass is 32.2. The molecule has 1 aliphatic heterocycles. The van der Waals surface area contributed by atoms with Crippen LogP contribution >= 0.6 is 0 Å². The van der Waals surface area contributed by atoms with Gasteiger partial charge in [-0.15, -0.1) is 0 Å². The van der Waals surface area contributed by atoms with Gasteiger partial charge in [0.1, 0.15) is 11.6 Å². The lowest BCUT2D eigenvalue weighted by Gasteiger charge is -2.29. The van der Waals surface area contributed by atoms with Crippen LogP contribution in [0.25, 0.3) is 0 Å². The van der Waals surface area contributed by atoms with E-state index in [1.54, 1.807) is 25.1 Å². The first kappa shape index (κ1) is 21.5. The van der Waals surface area contributed by atoms with Crippen LogP contribution in [0.4, 0.5) is 5.82 Å². The largest absolute Gasteiger partial charge is 0.373 e. The highest BCUT2D eigenvalue weighted by Crippen LogP contribution is 2.34. The Morgan fingerprint density at radius 3 is 2.56 bits per heavy atom. The van der Waals surface area contributed by atoms with Gasteiger partial charge in [-0.05, 0) is 12.8 Å². The summed E-state index contributed by atoms with van der Waals surface area (Å²) < 4.78 is 29.0. The van der Waals surface area contributed by atoms with E-state index in [1.807, 2.05) is 13.8 Å². The van der Waals surface area contributed by atoms with Crippen LogP contribution in [-0.4, -0.2) is 71.5 Å². The topological polar surface area (TPSA) is 98.7 Å². The summed E-state index contributed by atoms with van der Waals surface area (Å²) in [7, 11) is -0.108. The number of aromatic nitrogens is 2. The quantitative estimate of drug-likeness (QED) is 0.707. The Morgan fingerprint density at radius 1 is 1.33 bits per heavy atom. The monoisotopic (exact) mass is 398 g/mol. The van der Waals surface area contributed by atoms with E-state index in [9.17, 15) is 13.2 Å². The third kappa shape index (κ3) is 4.74. The zero-order chi connectivity index (χ0) is 20.2. The van der Waals surface area contributed by atoms with Gasteiger partial charge in [0.05, 0.1) is 18.3 Å². The molecule has 0 unspecified atom stereocenters. The van der Waals surface area contributed by atoms with Crippen LogP contribution in [0.15, 0.2) is 6.07 Å². The Kier molecular flexibility index (Phi) is 7.12. The molecule has 1 aromatic rings. The van der Waals surface area contributed by atoms with E-state index < -0.39 is 16.3 Å². The summed E-state index contributed by atoms with van der Waals surface area (Å²) in [5.41, 5.74) is 0.675. The summed E-state index contributed by atoms with van der Waals surface area (Å²) >= 11 is 0. The van der Waals surface area contributed by atoms with Gasteiger partial charge in [-0.3, -0.25) is 4.79 Å². The van der Waals surface area contributed by atoms with Crippen molar-refractivity contribution in [2.75, 3.05) is 39.0 Å². The molecule has 0 spiro atoms. The molecule has 1 atom stereocenters. The molecule has 1 fully saturated rings. The first-order valence-electron chi connectivity index (χ1n) is 9.28. The molecule has 0 saturated carbocycles. The van der Waals surface area contributed by atoms with Crippen molar-refractivity contribution >= 4 is 21.9 Å². The summed E-state index contributed by atoms with van der Waals surface area (Å²) in [5.74, 6) is 1.02. The van der Waals surface area contributed by atoms with Crippen molar-refractivity contribution in [2.24, 2.45) is 0 Å². The standard InChI is InChI=1S/C17H30N6O3S/c1-6-22(7-2)27(25,26)23-10-8-9-15(23)17-19-14(11-16(18-4)20-17)12-21(5)13(3)24/h11,15H,6-10,12H2,1-5H3,(H,18,19,20)/t15-/m0/s1. The van der Waals surface area contributed by atoms with Crippen molar-refractivity contribution in [3.05, 3.63) is 17.6 Å². The minimum absolute atomic E-state index is 0.0622. The molecule has 1 saturated heterocycles. The van der Waals surface area contributed by atoms with Crippen LogP contribution in [-0.2, 0) is 21.5 Å². The lowest BCUT2D eigenvalue weighted by Crippen LogP contribution is -2.43. The third-order valence-corrected chi connectivity index (χ3v) is 7.02. The Morgan fingerprint density at radius 2 is 2.00 bits per heavy atom. The molecule has 152 valence electrons. The van der Waals surface area contributed by atoms with Crippen molar-refractivity contribution in [2.45, 2.75) is 46.2 Å². The molecular formula is C17H30N6O3S. The maximum Gasteiger partial charge on any atom is 0.282 e. The molecule has 1 N–H and O–H groups in total. The van der Waals surface area contributed by atoms with Gasteiger partial charge in [-0.25, -0.2) is 9.97 Å². The van der Waals surface area contributed by atoms with Gasteiger partial charge >= 0.3 is 0 Å². The Hall–Kier alpha value is -1.78. The van der Waals surface area contributed by atoms with Crippen molar-refractivity contribution in [3.63, 3.8) is 0 Å². The van der Waals surface area contributed by atoms with Gasteiger partial charge in [0.2, 0.25) is 5.91 Å². The number of carbonyl (C=O) groups excluding carboxylic acids is 1. The number of amides is 1. The summed E-state index contributed by atoms with van der Waals surface area (Å²) in [5, 5.41) is 3.00. The number of nitrogens with zero attached hydrogens (tertiary/aromatic N) is 5. The van der Waals surface area contributed by atoms with Gasteiger partial charge in [-0.2, -0.15) is 17.0 Å². The summed E-state index contributed by atoms with van der Waals surface area (Å²) in [6, 6.07) is 1.38. The normalized spacial score (nSPS) is 18.1. The average molecular weight is 399 g/mol. The van der Waals surface area contributed by atoms with E-state index in [0.29, 0.717) is 49.9 Å². The summed E-state index contributed by atoms with van der Waals surface area (Å²) in [6.07, 6.45) is 1.44. The molecule has 1 aromatic heterocycles. The van der Waals surface area contributed by atoms with Gasteiger partial charge in [-0.1, -0.05) is 13.8 Å². The number of anilines is 1. The van der Waals surface area contributed by atoms with E-state index in [0.717, 1.165) is 6.42 Å². The molecule has 27 heavy (non-hydrogen) atoms. The van der Waals surface area contributed by atoms with Gasteiger partial charge < -0.3 is 10.2 Å². The van der Waals surface area contributed by atoms with E-state index in [4.69, 9.17) is 0 Å². The predicted molar refractivity (Wildman–Crippen MR) is 104 cm³/mol. The highest BCUT2D eigenvalue weighted by molar-refractivity contribution is 7.86. The lowest BCUT2D eigenvalue weighted by molar-refractivity contribution is -0.128. The number of carbonyl (C=O) groups is 1. The molecule has 0 aliphatic carbocycles. The van der Waals surface area contributed by atoms with Crippen molar-refractivity contribution in [1.82, 2.24) is 23.5 Å². The van der Waals surface area contributed by atoms with E-state index >= 15 is 0 Å². The molecule has 2 heterocycles. The Labute approximate surface area is 161 Å². The number of nitrogens with one attached hydrogen (secondary N) is 1. The first-order valence-corrected chi connectivity index (χ1v) is 10.7. The van der Waals surface area contributed by atoms with Crippen LogP contribution in [0.3, 0.4) is 0 Å². The average Bonchev–Trinajstić information content (AvgIpc) is 3.12. The van der Waals surface area contributed by atoms with Crippen molar-refractivity contribution in [3.8, 4) is 0 Å². The van der Waals surface area contributed by atoms with Crippen molar-refractivity contribution < 1.29 is 13.2 Å². The third-order valence-electron chi connectivity index (χ3n) is 4.82. The van der Waals surface area contributed by atoms with Crippen molar-refractivity contribution in [1.29, 1.82) is 0 Å². The van der Waals surface area contributed by atoms with Crippen LogP contribution in [0.2, 0.25) is 0 Å². The second kappa shape index (κ2) is 8.94. The maximum absolute atomic E-state index is 13.0. The first-order chi connectivity index (χ1) is 12.7. The van der Waals surface area contributed by atoms with Crippen LogP contribution in [0.1, 0.15) is 51.2 Å². The predicted octanol–water partition coefficient (Wildman–Crippen LogP) is 1.22. The van der Waals surface area contributed by atoms with E-state index in [-0.39, 0.29) is 5.91 Å². The fourth-order valence-electron chi connectivity index (χ4n) is 3.20. The minimum Gasteiger partial charge on any atom is -0.373 e. The van der Waals surface area contributed by atoms with Crippen LogP contribution in [0, 0.1) is 0 Å². The molecule has 0 radical (unpaired) electrons. The summed E-state index contributed by atoms with van der Waals surface area (Å²) in [4.78, 5) is 22.2. The lowest BCUT2D eigenvalue weighted by atomic mass is 10.2. The number of rotatable bonds is 8. The van der Waals surface area contributed by atoms with E-state index in [2.05, 4.69) is 15.3 Å². The van der Waals surface area contributed by atoms with Crippen LogP contribution < -0.4 is 5.32 Å². The maximum atomic E-state index is 13.0. The Balaban J connectivity index is 2.39. The second-order valence-electron chi connectivity index (χ2n) is 6.59. The van der Waals surface area contributed by atoms with Crippen LogP contribution in [0.5, 0.6) is 0 Å². The molecule has 2 rings (SSSR count). The fraction of sp³-hybridized carbons (Fsp3) is 0.706. The van der Waals surface area contributed by atoms with Gasteiger partial charge in [0.15, 0.2) is 0 Å². The molecule has 1 amide bonds. The number of hydrogen-bond acceptors (Lipinski definition) is 6. The van der Waals surface area contributed by atoms with E-state index in [1.165, 1.54) is 15.5 Å². The van der Waals surface area contributed by atoms with Gasteiger partial charge in [0, 0.05) is 46.7 Å². The molecule has 1 aliphatic rings. The minimum atomic E-state index is -3.57. The molecular weight excluding hydrogens is 368 g/mol. The zero-order valence-electron chi connectivity index (χ0n) is 16.8. The van der Waals surface area contributed by atoms with Gasteiger partial charge in [0.25, 0.3) is 10.2 Å². The molecule has 0 aromatic carbocycles. The molecule has 10 heteroatoms. The summed E-state index contributed by atoms with van der Waals surface area (Å²) in [6.45, 7) is 6.81.